The van der Waals surface area contributed by atoms with Crippen molar-refractivity contribution < 1.29 is 9.47 Å². The maximum absolute atomic E-state index is 6.00. The second-order valence-corrected chi connectivity index (χ2v) is 9.43. The van der Waals surface area contributed by atoms with Gasteiger partial charge < -0.3 is 14.4 Å². The Labute approximate surface area is 161 Å². The van der Waals surface area contributed by atoms with E-state index >= 15 is 0 Å². The SMILES string of the molecule is CC(I)O[C@H]1C[C@H](OCCN2CCN(C3CCN(C)CC3)CC2)C1. The highest BCUT2D eigenvalue weighted by atomic mass is 127. The summed E-state index contributed by atoms with van der Waals surface area (Å²) in [6, 6.07) is 0.826. The monoisotopic (exact) mass is 451 g/mol. The Hall–Kier alpha value is 0.530. The molecule has 6 heteroatoms. The number of piperazine rings is 1. The predicted molar refractivity (Wildman–Crippen MR) is 106 cm³/mol. The van der Waals surface area contributed by atoms with Crippen LogP contribution in [0.1, 0.15) is 32.6 Å². The van der Waals surface area contributed by atoms with Crippen molar-refractivity contribution in [3.63, 3.8) is 0 Å². The van der Waals surface area contributed by atoms with Gasteiger partial charge in [0.2, 0.25) is 0 Å². The Balaban J connectivity index is 1.23. The van der Waals surface area contributed by atoms with Crippen LogP contribution in [-0.2, 0) is 9.47 Å². The second-order valence-electron chi connectivity index (χ2n) is 7.68. The molecule has 5 nitrogen and oxygen atoms in total. The Morgan fingerprint density at radius 3 is 2.29 bits per heavy atom. The first-order valence-corrected chi connectivity index (χ1v) is 10.9. The van der Waals surface area contributed by atoms with Crippen LogP contribution in [0.15, 0.2) is 0 Å². The van der Waals surface area contributed by atoms with E-state index in [-0.39, 0.29) is 0 Å². The van der Waals surface area contributed by atoms with Crippen molar-refractivity contribution in [3.05, 3.63) is 0 Å². The fourth-order valence-corrected chi connectivity index (χ4v) is 4.51. The number of hydrogen-bond donors (Lipinski definition) is 0. The largest absolute Gasteiger partial charge is 0.377 e. The number of rotatable bonds is 7. The Morgan fingerprint density at radius 1 is 1.00 bits per heavy atom. The van der Waals surface area contributed by atoms with Gasteiger partial charge in [-0.3, -0.25) is 9.80 Å². The molecule has 1 unspecified atom stereocenters. The topological polar surface area (TPSA) is 28.2 Å². The Morgan fingerprint density at radius 2 is 1.67 bits per heavy atom. The molecular weight excluding hydrogens is 417 g/mol. The molecule has 0 aromatic carbocycles. The molecule has 2 saturated heterocycles. The summed E-state index contributed by atoms with van der Waals surface area (Å²) in [7, 11) is 2.24. The summed E-state index contributed by atoms with van der Waals surface area (Å²) in [5, 5.41) is 0. The summed E-state index contributed by atoms with van der Waals surface area (Å²) in [6.45, 7) is 11.5. The summed E-state index contributed by atoms with van der Waals surface area (Å²) >= 11 is 2.32. The van der Waals surface area contributed by atoms with E-state index in [1.54, 1.807) is 0 Å². The highest BCUT2D eigenvalue weighted by Crippen LogP contribution is 2.28. The number of ether oxygens (including phenoxy) is 2. The molecular formula is C18H34IN3O2. The number of halogens is 1. The van der Waals surface area contributed by atoms with Crippen LogP contribution < -0.4 is 0 Å². The van der Waals surface area contributed by atoms with Gasteiger partial charge >= 0.3 is 0 Å². The first kappa shape index (κ1) is 19.3. The minimum absolute atomic E-state index is 0.314. The highest BCUT2D eigenvalue weighted by molar-refractivity contribution is 14.1. The smallest absolute Gasteiger partial charge is 0.106 e. The molecule has 2 aliphatic heterocycles. The standard InChI is InChI=1S/C18H34IN3O2/c1-15(19)24-18-13-17(14-18)23-12-11-21-7-9-22(10-8-21)16-3-5-20(2)6-4-16/h15-18H,3-14H2,1-2H3/t15?,17-,18-. The van der Waals surface area contributed by atoms with Crippen molar-refractivity contribution in [1.82, 2.24) is 14.7 Å². The van der Waals surface area contributed by atoms with Crippen molar-refractivity contribution in [2.45, 2.75) is 55.0 Å². The van der Waals surface area contributed by atoms with Crippen LogP contribution in [0.3, 0.4) is 0 Å². The van der Waals surface area contributed by atoms with Crippen molar-refractivity contribution in [1.29, 1.82) is 0 Å². The lowest BCUT2D eigenvalue weighted by atomic mass is 9.92. The third kappa shape index (κ3) is 5.77. The summed E-state index contributed by atoms with van der Waals surface area (Å²) in [4.78, 5) is 7.76. The molecule has 0 N–H and O–H groups in total. The molecule has 3 rings (SSSR count). The molecule has 2 heterocycles. The van der Waals surface area contributed by atoms with Crippen molar-refractivity contribution in [2.24, 2.45) is 0 Å². The third-order valence-corrected chi connectivity index (χ3v) is 6.10. The molecule has 3 aliphatic rings. The molecule has 0 spiro atoms. The minimum Gasteiger partial charge on any atom is -0.377 e. The van der Waals surface area contributed by atoms with Crippen LogP contribution in [0.5, 0.6) is 0 Å². The van der Waals surface area contributed by atoms with Gasteiger partial charge in [0.25, 0.3) is 0 Å². The lowest BCUT2D eigenvalue weighted by Crippen LogP contribution is -2.53. The predicted octanol–water partition coefficient (Wildman–Crippen LogP) is 2.04. The van der Waals surface area contributed by atoms with Crippen LogP contribution in [0.2, 0.25) is 0 Å². The third-order valence-electron chi connectivity index (χ3n) is 5.80. The lowest BCUT2D eigenvalue weighted by Gasteiger charge is -2.42. The quantitative estimate of drug-likeness (QED) is 0.437. The molecule has 0 aromatic heterocycles. The van der Waals surface area contributed by atoms with E-state index in [0.29, 0.717) is 16.3 Å². The summed E-state index contributed by atoms with van der Waals surface area (Å²) in [5.41, 5.74) is 0. The fourth-order valence-electron chi connectivity index (χ4n) is 4.09. The van der Waals surface area contributed by atoms with Gasteiger partial charge in [0.15, 0.2) is 0 Å². The fraction of sp³-hybridized carbons (Fsp3) is 1.00. The molecule has 1 atom stereocenters. The van der Waals surface area contributed by atoms with E-state index in [1.165, 1.54) is 52.1 Å². The van der Waals surface area contributed by atoms with Crippen molar-refractivity contribution >= 4 is 22.6 Å². The number of alkyl halides is 1. The molecule has 1 saturated carbocycles. The van der Waals surface area contributed by atoms with E-state index in [0.717, 1.165) is 32.0 Å². The summed E-state index contributed by atoms with van der Waals surface area (Å²) < 4.78 is 12.1. The normalized spacial score (nSPS) is 32.6. The highest BCUT2D eigenvalue weighted by Gasteiger charge is 2.32. The van der Waals surface area contributed by atoms with Crippen LogP contribution in [0, 0.1) is 0 Å². The lowest BCUT2D eigenvalue weighted by molar-refractivity contribution is -0.105. The summed E-state index contributed by atoms with van der Waals surface area (Å²) in [5.74, 6) is 0. The Kier molecular flexibility index (Phi) is 7.61. The molecule has 0 radical (unpaired) electrons. The van der Waals surface area contributed by atoms with Gasteiger partial charge in [0.1, 0.15) is 4.11 Å². The van der Waals surface area contributed by atoms with Gasteiger partial charge in [-0.2, -0.15) is 0 Å². The van der Waals surface area contributed by atoms with E-state index in [2.05, 4.69) is 51.3 Å². The zero-order valence-electron chi connectivity index (χ0n) is 15.3. The van der Waals surface area contributed by atoms with Crippen LogP contribution in [0.4, 0.5) is 0 Å². The summed E-state index contributed by atoms with van der Waals surface area (Å²) in [6.07, 6.45) is 5.72. The van der Waals surface area contributed by atoms with Crippen LogP contribution >= 0.6 is 22.6 Å². The first-order valence-electron chi connectivity index (χ1n) is 9.66. The van der Waals surface area contributed by atoms with Crippen LogP contribution in [0.25, 0.3) is 0 Å². The van der Waals surface area contributed by atoms with Gasteiger partial charge in [-0.05, 0) is 39.9 Å². The van der Waals surface area contributed by atoms with Crippen molar-refractivity contribution in [2.75, 3.05) is 59.5 Å². The molecule has 0 amide bonds. The number of hydrogen-bond acceptors (Lipinski definition) is 5. The van der Waals surface area contributed by atoms with Gasteiger partial charge in [-0.1, -0.05) is 22.6 Å². The average molecular weight is 451 g/mol. The van der Waals surface area contributed by atoms with Gasteiger partial charge in [-0.25, -0.2) is 0 Å². The maximum atomic E-state index is 6.00. The van der Waals surface area contributed by atoms with E-state index in [4.69, 9.17) is 9.47 Å². The molecule has 1 aliphatic carbocycles. The molecule has 0 bridgehead atoms. The molecule has 24 heavy (non-hydrogen) atoms. The molecule has 0 aromatic rings. The number of nitrogens with zero attached hydrogens (tertiary/aromatic N) is 3. The first-order chi connectivity index (χ1) is 11.6. The van der Waals surface area contributed by atoms with Crippen LogP contribution in [-0.4, -0.2) is 96.5 Å². The molecule has 140 valence electrons. The molecule has 3 fully saturated rings. The van der Waals surface area contributed by atoms with E-state index < -0.39 is 0 Å². The second kappa shape index (κ2) is 9.46. The average Bonchev–Trinajstić information content (AvgIpc) is 2.53. The van der Waals surface area contributed by atoms with Gasteiger partial charge in [0, 0.05) is 51.6 Å². The zero-order chi connectivity index (χ0) is 16.9. The van der Waals surface area contributed by atoms with E-state index in [9.17, 15) is 0 Å². The van der Waals surface area contributed by atoms with E-state index in [1.807, 2.05) is 0 Å². The van der Waals surface area contributed by atoms with Gasteiger partial charge in [-0.15, -0.1) is 0 Å². The number of likely N-dealkylation sites (tertiary alicyclic amines) is 1. The minimum atomic E-state index is 0.314. The van der Waals surface area contributed by atoms with Crippen molar-refractivity contribution in [3.8, 4) is 0 Å². The number of piperidine rings is 1. The Bertz CT molecular complexity index is 363. The maximum Gasteiger partial charge on any atom is 0.106 e. The van der Waals surface area contributed by atoms with Gasteiger partial charge in [0.05, 0.1) is 18.8 Å². The zero-order valence-corrected chi connectivity index (χ0v) is 17.5.